The first-order valence-corrected chi connectivity index (χ1v) is 8.70. The van der Waals surface area contributed by atoms with Crippen LogP contribution in [0.3, 0.4) is 0 Å². The van der Waals surface area contributed by atoms with E-state index in [9.17, 15) is 14.0 Å². The normalized spacial score (nSPS) is 22.4. The maximum atomic E-state index is 13.8. The Morgan fingerprint density at radius 3 is 2.64 bits per heavy atom. The van der Waals surface area contributed by atoms with Gasteiger partial charge in [-0.25, -0.2) is 9.18 Å². The van der Waals surface area contributed by atoms with Gasteiger partial charge in [-0.3, -0.25) is 9.69 Å². The molecular formula is C18H24FN3O3. The number of carboxylic acid groups (broad SMARTS) is 1. The molecule has 6 nitrogen and oxygen atoms in total. The third-order valence-corrected chi connectivity index (χ3v) is 4.87. The fourth-order valence-corrected chi connectivity index (χ4v) is 3.22. The van der Waals surface area contributed by atoms with Gasteiger partial charge < -0.3 is 15.7 Å². The van der Waals surface area contributed by atoms with Crippen molar-refractivity contribution < 1.29 is 19.1 Å². The Morgan fingerprint density at radius 1 is 1.32 bits per heavy atom. The van der Waals surface area contributed by atoms with Crippen molar-refractivity contribution in [3.8, 4) is 0 Å². The van der Waals surface area contributed by atoms with Crippen LogP contribution in [-0.2, 0) is 4.79 Å². The first-order chi connectivity index (χ1) is 11.9. The summed E-state index contributed by atoms with van der Waals surface area (Å²) in [5.41, 5.74) is 0.944. The summed E-state index contributed by atoms with van der Waals surface area (Å²) in [5.74, 6) is -0.650. The predicted octanol–water partition coefficient (Wildman–Crippen LogP) is 2.58. The number of hydrogen-bond donors (Lipinski definition) is 3. The number of aryl methyl sites for hydroxylation is 1. The van der Waals surface area contributed by atoms with E-state index in [1.807, 2.05) is 4.90 Å². The Kier molecular flexibility index (Phi) is 5.22. The van der Waals surface area contributed by atoms with Gasteiger partial charge in [0.05, 0.1) is 12.2 Å². The number of amides is 2. The number of nitrogens with zero attached hydrogens (tertiary/aromatic N) is 1. The summed E-state index contributed by atoms with van der Waals surface area (Å²) in [6.07, 6.45) is 3.80. The van der Waals surface area contributed by atoms with Crippen molar-refractivity contribution in [3.05, 3.63) is 29.6 Å². The second-order valence-corrected chi connectivity index (χ2v) is 7.17. The highest BCUT2D eigenvalue weighted by atomic mass is 19.1. The molecule has 0 aliphatic heterocycles. The Balaban J connectivity index is 1.45. The standard InChI is InChI=1S/C18H24FN3O3/c1-11-2-5-16(15(19)6-11)21-18(25)20-13-7-14(8-13)22(10-17(23)24)9-12-3-4-12/h2,5-6,12-14H,3-4,7-10H2,1H3,(H,23,24)(H2,20,21,25). The van der Waals surface area contributed by atoms with E-state index in [2.05, 4.69) is 10.6 Å². The molecule has 0 aromatic heterocycles. The van der Waals surface area contributed by atoms with Crippen molar-refractivity contribution in [3.63, 3.8) is 0 Å². The van der Waals surface area contributed by atoms with Crippen molar-refractivity contribution in [1.29, 1.82) is 0 Å². The lowest BCUT2D eigenvalue weighted by Gasteiger charge is -2.42. The summed E-state index contributed by atoms with van der Waals surface area (Å²) in [6.45, 7) is 2.66. The molecule has 0 saturated heterocycles. The molecule has 136 valence electrons. The van der Waals surface area contributed by atoms with E-state index in [1.54, 1.807) is 13.0 Å². The fourth-order valence-electron chi connectivity index (χ4n) is 3.22. The maximum Gasteiger partial charge on any atom is 0.319 e. The fraction of sp³-hybridized carbons (Fsp3) is 0.556. The number of nitrogens with one attached hydrogen (secondary N) is 2. The molecule has 3 N–H and O–H groups in total. The van der Waals surface area contributed by atoms with Crippen molar-refractivity contribution in [2.24, 2.45) is 5.92 Å². The van der Waals surface area contributed by atoms with Gasteiger partial charge in [0.25, 0.3) is 0 Å². The molecule has 2 saturated carbocycles. The summed E-state index contributed by atoms with van der Waals surface area (Å²) >= 11 is 0. The van der Waals surface area contributed by atoms with Gasteiger partial charge in [-0.15, -0.1) is 0 Å². The van der Waals surface area contributed by atoms with Gasteiger partial charge in [-0.1, -0.05) is 6.07 Å². The van der Waals surface area contributed by atoms with Crippen molar-refractivity contribution >= 4 is 17.7 Å². The van der Waals surface area contributed by atoms with E-state index in [1.165, 1.54) is 25.0 Å². The first kappa shape index (κ1) is 17.7. The van der Waals surface area contributed by atoms with E-state index in [0.717, 1.165) is 24.9 Å². The van der Waals surface area contributed by atoms with Crippen LogP contribution in [-0.4, -0.2) is 47.2 Å². The Morgan fingerprint density at radius 2 is 2.04 bits per heavy atom. The smallest absolute Gasteiger partial charge is 0.319 e. The number of carboxylic acids is 1. The monoisotopic (exact) mass is 349 g/mol. The minimum Gasteiger partial charge on any atom is -0.480 e. The summed E-state index contributed by atoms with van der Waals surface area (Å²) in [7, 11) is 0. The Labute approximate surface area is 146 Å². The van der Waals surface area contributed by atoms with Gasteiger partial charge in [0.15, 0.2) is 0 Å². The molecule has 1 aromatic rings. The average molecular weight is 349 g/mol. The Hall–Kier alpha value is -2.15. The average Bonchev–Trinajstić information content (AvgIpc) is 3.28. The van der Waals surface area contributed by atoms with E-state index in [4.69, 9.17) is 5.11 Å². The molecule has 0 atom stereocenters. The minimum absolute atomic E-state index is 0.00555. The van der Waals surface area contributed by atoms with Crippen LogP contribution < -0.4 is 10.6 Å². The second kappa shape index (κ2) is 7.39. The molecule has 2 aliphatic carbocycles. The lowest BCUT2D eigenvalue weighted by atomic mass is 9.85. The van der Waals surface area contributed by atoms with Crippen LogP contribution in [0.2, 0.25) is 0 Å². The van der Waals surface area contributed by atoms with Gasteiger partial charge in [-0.05, 0) is 56.2 Å². The molecular weight excluding hydrogens is 325 g/mol. The van der Waals surface area contributed by atoms with Crippen LogP contribution in [0.4, 0.5) is 14.9 Å². The van der Waals surface area contributed by atoms with E-state index in [-0.39, 0.29) is 24.3 Å². The lowest BCUT2D eigenvalue weighted by Crippen LogP contribution is -2.55. The van der Waals surface area contributed by atoms with Gasteiger partial charge >= 0.3 is 12.0 Å². The summed E-state index contributed by atoms with van der Waals surface area (Å²) < 4.78 is 13.8. The molecule has 0 radical (unpaired) electrons. The van der Waals surface area contributed by atoms with Crippen molar-refractivity contribution in [2.75, 3.05) is 18.4 Å². The molecule has 7 heteroatoms. The van der Waals surface area contributed by atoms with Crippen LogP contribution in [0.15, 0.2) is 18.2 Å². The number of benzene rings is 1. The summed E-state index contributed by atoms with van der Waals surface area (Å²) in [4.78, 5) is 25.0. The van der Waals surface area contributed by atoms with Gasteiger partial charge in [0.2, 0.25) is 0 Å². The third kappa shape index (κ3) is 4.92. The topological polar surface area (TPSA) is 81.7 Å². The zero-order valence-corrected chi connectivity index (χ0v) is 14.3. The van der Waals surface area contributed by atoms with Crippen LogP contribution in [0.25, 0.3) is 0 Å². The number of rotatable bonds is 7. The van der Waals surface area contributed by atoms with Crippen molar-refractivity contribution in [2.45, 2.75) is 44.7 Å². The third-order valence-electron chi connectivity index (χ3n) is 4.87. The molecule has 1 aromatic carbocycles. The molecule has 0 spiro atoms. The van der Waals surface area contributed by atoms with Gasteiger partial charge in [0, 0.05) is 18.6 Å². The quantitative estimate of drug-likeness (QED) is 0.707. The number of hydrogen-bond acceptors (Lipinski definition) is 3. The second-order valence-electron chi connectivity index (χ2n) is 7.17. The molecule has 0 unspecified atom stereocenters. The SMILES string of the molecule is Cc1ccc(NC(=O)NC2CC(N(CC(=O)O)CC3CC3)C2)c(F)c1. The number of halogens is 1. The molecule has 3 rings (SSSR count). The molecule has 2 fully saturated rings. The van der Waals surface area contributed by atoms with Crippen LogP contribution in [0, 0.1) is 18.7 Å². The van der Waals surface area contributed by atoms with Gasteiger partial charge in [0.1, 0.15) is 5.82 Å². The Bertz CT molecular complexity index is 657. The van der Waals surface area contributed by atoms with Crippen LogP contribution >= 0.6 is 0 Å². The number of anilines is 1. The highest BCUT2D eigenvalue weighted by Crippen LogP contribution is 2.33. The number of carbonyl (C=O) groups is 2. The van der Waals surface area contributed by atoms with E-state index >= 15 is 0 Å². The molecule has 2 amide bonds. The number of urea groups is 1. The largest absolute Gasteiger partial charge is 0.480 e. The molecule has 2 aliphatic rings. The van der Waals surface area contributed by atoms with Crippen LogP contribution in [0.1, 0.15) is 31.2 Å². The molecule has 25 heavy (non-hydrogen) atoms. The molecule has 0 heterocycles. The highest BCUT2D eigenvalue weighted by Gasteiger charge is 2.37. The number of carbonyl (C=O) groups excluding carboxylic acids is 1. The summed E-state index contributed by atoms with van der Waals surface area (Å²) in [6, 6.07) is 4.40. The lowest BCUT2D eigenvalue weighted by molar-refractivity contribution is -0.139. The summed E-state index contributed by atoms with van der Waals surface area (Å²) in [5, 5.41) is 14.4. The molecule has 0 bridgehead atoms. The maximum absolute atomic E-state index is 13.8. The van der Waals surface area contributed by atoms with Crippen molar-refractivity contribution in [1.82, 2.24) is 10.2 Å². The van der Waals surface area contributed by atoms with Gasteiger partial charge in [-0.2, -0.15) is 0 Å². The first-order valence-electron chi connectivity index (χ1n) is 8.70. The zero-order valence-electron chi connectivity index (χ0n) is 14.3. The van der Waals surface area contributed by atoms with E-state index in [0.29, 0.717) is 5.92 Å². The highest BCUT2D eigenvalue weighted by molar-refractivity contribution is 5.89. The minimum atomic E-state index is -0.815. The predicted molar refractivity (Wildman–Crippen MR) is 92.0 cm³/mol. The zero-order chi connectivity index (χ0) is 18.0. The van der Waals surface area contributed by atoms with Crippen LogP contribution in [0.5, 0.6) is 0 Å². The number of aliphatic carboxylic acids is 1. The van der Waals surface area contributed by atoms with E-state index < -0.39 is 17.8 Å².